The van der Waals surface area contributed by atoms with Crippen molar-refractivity contribution in [2.24, 2.45) is 0 Å². The molecular formula is C10H18N2O3. The van der Waals surface area contributed by atoms with Crippen LogP contribution in [0.3, 0.4) is 0 Å². The van der Waals surface area contributed by atoms with Gasteiger partial charge < -0.3 is 14.9 Å². The summed E-state index contributed by atoms with van der Waals surface area (Å²) in [7, 11) is 0. The Labute approximate surface area is 89.7 Å². The Morgan fingerprint density at radius 2 is 2.07 bits per heavy atom. The second kappa shape index (κ2) is 4.61. The largest absolute Gasteiger partial charge is 0.392 e. The molecule has 1 N–H and O–H groups in total. The average Bonchev–Trinajstić information content (AvgIpc) is 2.18. The molecule has 2 amide bonds. The normalized spacial score (nSPS) is 24.7. The van der Waals surface area contributed by atoms with Crippen molar-refractivity contribution in [1.82, 2.24) is 9.80 Å². The van der Waals surface area contributed by atoms with E-state index in [2.05, 4.69) is 0 Å². The van der Waals surface area contributed by atoms with Crippen LogP contribution in [0.15, 0.2) is 0 Å². The van der Waals surface area contributed by atoms with E-state index in [4.69, 9.17) is 0 Å². The number of hydrogen-bond acceptors (Lipinski definition) is 3. The van der Waals surface area contributed by atoms with E-state index in [1.165, 1.54) is 9.80 Å². The maximum atomic E-state index is 11.7. The summed E-state index contributed by atoms with van der Waals surface area (Å²) >= 11 is 0. The molecule has 0 aromatic heterocycles. The van der Waals surface area contributed by atoms with Crippen LogP contribution in [-0.2, 0) is 9.59 Å². The molecule has 0 bridgehead atoms. The highest BCUT2D eigenvalue weighted by molar-refractivity contribution is 6.35. The lowest BCUT2D eigenvalue weighted by molar-refractivity contribution is -0.159. The van der Waals surface area contributed by atoms with Gasteiger partial charge in [0, 0.05) is 25.7 Å². The topological polar surface area (TPSA) is 60.9 Å². The zero-order valence-corrected chi connectivity index (χ0v) is 9.43. The Morgan fingerprint density at radius 3 is 2.53 bits per heavy atom. The predicted octanol–water partition coefficient (Wildman–Crippen LogP) is -0.554. The molecule has 2 atom stereocenters. The highest BCUT2D eigenvalue weighted by Crippen LogP contribution is 2.12. The summed E-state index contributed by atoms with van der Waals surface area (Å²) in [5.41, 5.74) is 0. The van der Waals surface area contributed by atoms with E-state index >= 15 is 0 Å². The van der Waals surface area contributed by atoms with Gasteiger partial charge in [0.1, 0.15) is 0 Å². The Hall–Kier alpha value is -1.10. The lowest BCUT2D eigenvalue weighted by Gasteiger charge is -2.38. The van der Waals surface area contributed by atoms with Gasteiger partial charge in [-0.3, -0.25) is 9.59 Å². The quantitative estimate of drug-likeness (QED) is 0.641. The predicted molar refractivity (Wildman–Crippen MR) is 55.1 cm³/mol. The van der Waals surface area contributed by atoms with Crippen molar-refractivity contribution in [1.29, 1.82) is 0 Å². The van der Waals surface area contributed by atoms with Gasteiger partial charge >= 0.3 is 11.8 Å². The summed E-state index contributed by atoms with van der Waals surface area (Å²) in [5, 5.41) is 9.23. The van der Waals surface area contributed by atoms with Crippen LogP contribution in [0.4, 0.5) is 0 Å². The minimum absolute atomic E-state index is 0.0234. The van der Waals surface area contributed by atoms with Crippen LogP contribution in [0.2, 0.25) is 0 Å². The molecule has 0 radical (unpaired) electrons. The van der Waals surface area contributed by atoms with Crippen molar-refractivity contribution in [3.8, 4) is 0 Å². The van der Waals surface area contributed by atoms with E-state index in [0.29, 0.717) is 13.1 Å². The molecule has 0 saturated carbocycles. The summed E-state index contributed by atoms with van der Waals surface area (Å²) in [6, 6.07) is -0.0234. The van der Waals surface area contributed by atoms with Crippen molar-refractivity contribution in [2.75, 3.05) is 19.6 Å². The van der Waals surface area contributed by atoms with E-state index < -0.39 is 17.9 Å². The van der Waals surface area contributed by atoms with Gasteiger partial charge in [-0.25, -0.2) is 0 Å². The fraction of sp³-hybridized carbons (Fsp3) is 0.800. The molecule has 1 heterocycles. The first kappa shape index (κ1) is 12.0. The molecule has 2 unspecified atom stereocenters. The van der Waals surface area contributed by atoms with Crippen molar-refractivity contribution >= 4 is 11.8 Å². The van der Waals surface area contributed by atoms with Crippen LogP contribution in [0.5, 0.6) is 0 Å². The van der Waals surface area contributed by atoms with Gasteiger partial charge in [-0.2, -0.15) is 0 Å². The molecule has 15 heavy (non-hydrogen) atoms. The monoisotopic (exact) mass is 214 g/mol. The highest BCUT2D eigenvalue weighted by atomic mass is 16.3. The molecule has 0 aromatic carbocycles. The van der Waals surface area contributed by atoms with Gasteiger partial charge in [0.15, 0.2) is 0 Å². The molecule has 5 heteroatoms. The molecule has 1 rings (SSSR count). The minimum atomic E-state index is -0.600. The SMILES string of the molecule is CCN1CC(C)N(CC(C)O)C(=O)C1=O. The summed E-state index contributed by atoms with van der Waals surface area (Å²) < 4.78 is 0. The second-order valence-corrected chi connectivity index (χ2v) is 4.00. The number of nitrogens with zero attached hydrogens (tertiary/aromatic N) is 2. The number of rotatable bonds is 3. The summed E-state index contributed by atoms with van der Waals surface area (Å²) in [6.45, 7) is 6.67. The lowest BCUT2D eigenvalue weighted by Crippen LogP contribution is -2.59. The summed E-state index contributed by atoms with van der Waals surface area (Å²) in [4.78, 5) is 26.2. The van der Waals surface area contributed by atoms with E-state index in [-0.39, 0.29) is 12.6 Å². The fourth-order valence-electron chi connectivity index (χ4n) is 1.78. The van der Waals surface area contributed by atoms with Gasteiger partial charge in [0.25, 0.3) is 0 Å². The number of aliphatic hydroxyl groups excluding tert-OH is 1. The standard InChI is InChI=1S/C10H18N2O3/c1-4-11-5-7(2)12(6-8(3)13)10(15)9(11)14/h7-8,13H,4-6H2,1-3H3. The van der Waals surface area contributed by atoms with Crippen LogP contribution in [0, 0.1) is 0 Å². The maximum absolute atomic E-state index is 11.7. The number of hydrogen-bond donors (Lipinski definition) is 1. The summed E-state index contributed by atoms with van der Waals surface area (Å²) in [6.07, 6.45) is -0.600. The fourth-order valence-corrected chi connectivity index (χ4v) is 1.78. The van der Waals surface area contributed by atoms with Gasteiger partial charge in [0.2, 0.25) is 0 Å². The molecule has 1 fully saturated rings. The third-order valence-corrected chi connectivity index (χ3v) is 2.59. The molecule has 1 aliphatic rings. The zero-order chi connectivity index (χ0) is 11.6. The number of amides is 2. The number of carbonyl (C=O) groups excluding carboxylic acids is 2. The molecule has 0 aromatic rings. The molecule has 1 aliphatic heterocycles. The van der Waals surface area contributed by atoms with Gasteiger partial charge in [-0.1, -0.05) is 0 Å². The molecule has 86 valence electrons. The van der Waals surface area contributed by atoms with Crippen LogP contribution in [-0.4, -0.2) is 58.5 Å². The third kappa shape index (κ3) is 2.47. The van der Waals surface area contributed by atoms with Crippen LogP contribution < -0.4 is 0 Å². The first-order valence-corrected chi connectivity index (χ1v) is 5.25. The molecular weight excluding hydrogens is 196 g/mol. The van der Waals surface area contributed by atoms with Gasteiger partial charge in [-0.05, 0) is 20.8 Å². The maximum Gasteiger partial charge on any atom is 0.312 e. The Morgan fingerprint density at radius 1 is 1.47 bits per heavy atom. The van der Waals surface area contributed by atoms with E-state index in [9.17, 15) is 14.7 Å². The molecule has 1 saturated heterocycles. The smallest absolute Gasteiger partial charge is 0.312 e. The van der Waals surface area contributed by atoms with Crippen LogP contribution >= 0.6 is 0 Å². The number of likely N-dealkylation sites (N-methyl/N-ethyl adjacent to an activating group) is 1. The van der Waals surface area contributed by atoms with Gasteiger partial charge in [-0.15, -0.1) is 0 Å². The second-order valence-electron chi connectivity index (χ2n) is 4.00. The first-order valence-electron chi connectivity index (χ1n) is 5.25. The summed E-state index contributed by atoms with van der Waals surface area (Å²) in [5.74, 6) is -0.965. The Kier molecular flexibility index (Phi) is 3.68. The zero-order valence-electron chi connectivity index (χ0n) is 9.43. The van der Waals surface area contributed by atoms with Crippen LogP contribution in [0.25, 0.3) is 0 Å². The number of β-amino-alcohol motifs (C(OH)–C–C–N with tert-alkyl or cyclic N) is 1. The van der Waals surface area contributed by atoms with Crippen molar-refractivity contribution in [2.45, 2.75) is 32.9 Å². The van der Waals surface area contributed by atoms with Crippen molar-refractivity contribution in [3.63, 3.8) is 0 Å². The highest BCUT2D eigenvalue weighted by Gasteiger charge is 2.36. The Balaban J connectivity index is 2.75. The number of carbonyl (C=O) groups is 2. The van der Waals surface area contributed by atoms with E-state index in [0.717, 1.165) is 0 Å². The first-order chi connectivity index (χ1) is 6.97. The Bertz CT molecular complexity index is 265. The van der Waals surface area contributed by atoms with E-state index in [1.807, 2.05) is 13.8 Å². The molecule has 0 spiro atoms. The average molecular weight is 214 g/mol. The minimum Gasteiger partial charge on any atom is -0.392 e. The van der Waals surface area contributed by atoms with Crippen molar-refractivity contribution in [3.05, 3.63) is 0 Å². The van der Waals surface area contributed by atoms with Crippen molar-refractivity contribution < 1.29 is 14.7 Å². The van der Waals surface area contributed by atoms with Crippen LogP contribution in [0.1, 0.15) is 20.8 Å². The molecule has 0 aliphatic carbocycles. The number of aliphatic hydroxyl groups is 1. The molecule has 5 nitrogen and oxygen atoms in total. The van der Waals surface area contributed by atoms with E-state index in [1.54, 1.807) is 6.92 Å². The number of piperazine rings is 1. The third-order valence-electron chi connectivity index (χ3n) is 2.59. The van der Waals surface area contributed by atoms with Gasteiger partial charge in [0.05, 0.1) is 6.10 Å². The lowest BCUT2D eigenvalue weighted by atomic mass is 10.1.